The molecule has 0 aromatic heterocycles. The zero-order chi connectivity index (χ0) is 9.73. The van der Waals surface area contributed by atoms with E-state index in [2.05, 4.69) is 9.63 Å². The third-order valence-corrected chi connectivity index (χ3v) is 2.46. The molecule has 0 saturated carbocycles. The SMILES string of the molecule is CCS(=O)(=O)N=Nc1ccccc1. The van der Waals surface area contributed by atoms with Crippen molar-refractivity contribution >= 4 is 15.7 Å². The molecule has 0 aliphatic carbocycles. The normalized spacial score (nSPS) is 12.1. The van der Waals surface area contributed by atoms with Gasteiger partial charge in [0.15, 0.2) is 0 Å². The number of hydrogen-bond donors (Lipinski definition) is 0. The molecule has 0 bridgehead atoms. The van der Waals surface area contributed by atoms with E-state index in [-0.39, 0.29) is 5.75 Å². The van der Waals surface area contributed by atoms with Gasteiger partial charge in [0.1, 0.15) is 0 Å². The second-order valence-corrected chi connectivity index (χ2v) is 4.29. The van der Waals surface area contributed by atoms with Crippen molar-refractivity contribution in [3.8, 4) is 0 Å². The second-order valence-electron chi connectivity index (χ2n) is 2.39. The molecule has 0 radical (unpaired) electrons. The maximum Gasteiger partial charge on any atom is 0.270 e. The Morgan fingerprint density at radius 2 is 1.85 bits per heavy atom. The van der Waals surface area contributed by atoms with E-state index in [1.54, 1.807) is 24.3 Å². The molecule has 0 heterocycles. The van der Waals surface area contributed by atoms with Gasteiger partial charge >= 0.3 is 0 Å². The van der Waals surface area contributed by atoms with Crippen LogP contribution < -0.4 is 0 Å². The van der Waals surface area contributed by atoms with Gasteiger partial charge in [0.2, 0.25) is 0 Å². The van der Waals surface area contributed by atoms with Crippen molar-refractivity contribution in [1.82, 2.24) is 0 Å². The molecule has 5 heteroatoms. The molecular formula is C8H10N2O2S. The monoisotopic (exact) mass is 198 g/mol. The van der Waals surface area contributed by atoms with Crippen LogP contribution >= 0.6 is 0 Å². The van der Waals surface area contributed by atoms with Crippen molar-refractivity contribution in [2.75, 3.05) is 5.75 Å². The average Bonchev–Trinajstić information content (AvgIpc) is 2.17. The maximum absolute atomic E-state index is 10.9. The lowest BCUT2D eigenvalue weighted by Crippen LogP contribution is -1.95. The van der Waals surface area contributed by atoms with Crippen LogP contribution in [0, 0.1) is 0 Å². The van der Waals surface area contributed by atoms with Crippen molar-refractivity contribution in [2.45, 2.75) is 6.92 Å². The van der Waals surface area contributed by atoms with Gasteiger partial charge in [0.25, 0.3) is 10.0 Å². The third kappa shape index (κ3) is 3.33. The first-order valence-corrected chi connectivity index (χ1v) is 5.46. The number of rotatable bonds is 3. The molecule has 0 aliphatic heterocycles. The van der Waals surface area contributed by atoms with Crippen LogP contribution in [0.5, 0.6) is 0 Å². The summed E-state index contributed by atoms with van der Waals surface area (Å²) in [7, 11) is -3.36. The molecule has 1 rings (SSSR count). The summed E-state index contributed by atoms with van der Waals surface area (Å²) in [4.78, 5) is 0. The van der Waals surface area contributed by atoms with Crippen LogP contribution in [0.15, 0.2) is 40.0 Å². The van der Waals surface area contributed by atoms with E-state index < -0.39 is 10.0 Å². The first-order chi connectivity index (χ1) is 6.14. The summed E-state index contributed by atoms with van der Waals surface area (Å²) >= 11 is 0. The molecule has 0 fully saturated rings. The van der Waals surface area contributed by atoms with Crippen molar-refractivity contribution in [2.24, 2.45) is 9.63 Å². The van der Waals surface area contributed by atoms with Crippen LogP contribution in [0.1, 0.15) is 6.92 Å². The molecule has 0 spiro atoms. The summed E-state index contributed by atoms with van der Waals surface area (Å²) in [5.41, 5.74) is 0.541. The Hall–Kier alpha value is -1.23. The predicted octanol–water partition coefficient (Wildman–Crippen LogP) is 2.12. The van der Waals surface area contributed by atoms with E-state index in [0.29, 0.717) is 5.69 Å². The molecule has 0 saturated heterocycles. The molecule has 1 aromatic rings. The Morgan fingerprint density at radius 1 is 1.23 bits per heavy atom. The molecule has 4 nitrogen and oxygen atoms in total. The van der Waals surface area contributed by atoms with Crippen LogP contribution in [0.2, 0.25) is 0 Å². The van der Waals surface area contributed by atoms with E-state index >= 15 is 0 Å². The van der Waals surface area contributed by atoms with Gasteiger partial charge in [-0.1, -0.05) is 22.7 Å². The molecule has 70 valence electrons. The quantitative estimate of drug-likeness (QED) is 0.698. The molecule has 13 heavy (non-hydrogen) atoms. The standard InChI is InChI=1S/C8H10N2O2S/c1-2-13(11,12)10-9-8-6-4-3-5-7-8/h3-7H,2H2,1H3. The summed E-state index contributed by atoms with van der Waals surface area (Å²) < 4.78 is 25.1. The van der Waals surface area contributed by atoms with Gasteiger partial charge in [-0.2, -0.15) is 0 Å². The van der Waals surface area contributed by atoms with E-state index in [9.17, 15) is 8.42 Å². The highest BCUT2D eigenvalue weighted by Crippen LogP contribution is 2.11. The first kappa shape index (κ1) is 9.85. The van der Waals surface area contributed by atoms with E-state index in [1.807, 2.05) is 6.07 Å². The predicted molar refractivity (Wildman–Crippen MR) is 50.4 cm³/mol. The van der Waals surface area contributed by atoms with E-state index in [1.165, 1.54) is 6.92 Å². The van der Waals surface area contributed by atoms with Crippen molar-refractivity contribution in [1.29, 1.82) is 0 Å². The Morgan fingerprint density at radius 3 is 2.38 bits per heavy atom. The topological polar surface area (TPSA) is 58.9 Å². The Bertz CT molecular complexity index is 384. The molecule has 1 aromatic carbocycles. The smallest absolute Gasteiger partial charge is 0.203 e. The highest BCUT2D eigenvalue weighted by atomic mass is 32.2. The lowest BCUT2D eigenvalue weighted by Gasteiger charge is -1.90. The van der Waals surface area contributed by atoms with E-state index in [0.717, 1.165) is 0 Å². The lowest BCUT2D eigenvalue weighted by atomic mass is 10.3. The van der Waals surface area contributed by atoms with Gasteiger partial charge in [-0.25, -0.2) is 8.42 Å². The molecule has 0 N–H and O–H groups in total. The second kappa shape index (κ2) is 4.13. The van der Waals surface area contributed by atoms with Crippen molar-refractivity contribution in [3.63, 3.8) is 0 Å². The van der Waals surface area contributed by atoms with Gasteiger partial charge in [-0.15, -0.1) is 5.11 Å². The first-order valence-electron chi connectivity index (χ1n) is 3.85. The van der Waals surface area contributed by atoms with E-state index in [4.69, 9.17) is 0 Å². The van der Waals surface area contributed by atoms with Crippen molar-refractivity contribution in [3.05, 3.63) is 30.3 Å². The largest absolute Gasteiger partial charge is 0.270 e. The number of nitrogens with zero attached hydrogens (tertiary/aromatic N) is 2. The molecule has 0 unspecified atom stereocenters. The zero-order valence-corrected chi connectivity index (χ0v) is 8.03. The lowest BCUT2D eigenvalue weighted by molar-refractivity contribution is 0.597. The van der Waals surface area contributed by atoms with Crippen LogP contribution in [0.25, 0.3) is 0 Å². The molecule has 0 aliphatic rings. The third-order valence-electron chi connectivity index (χ3n) is 1.40. The summed E-state index contributed by atoms with van der Waals surface area (Å²) in [6.45, 7) is 1.53. The Labute approximate surface area is 77.4 Å². The number of hydrogen-bond acceptors (Lipinski definition) is 3. The fourth-order valence-corrected chi connectivity index (χ4v) is 0.996. The highest BCUT2D eigenvalue weighted by molar-refractivity contribution is 7.89. The van der Waals surface area contributed by atoms with Crippen LogP contribution in [0.3, 0.4) is 0 Å². The van der Waals surface area contributed by atoms with Crippen LogP contribution in [-0.2, 0) is 10.0 Å². The minimum absolute atomic E-state index is 0.0245. The summed E-state index contributed by atoms with van der Waals surface area (Å²) in [5.74, 6) is -0.0245. The zero-order valence-electron chi connectivity index (χ0n) is 7.21. The minimum Gasteiger partial charge on any atom is -0.203 e. The van der Waals surface area contributed by atoms with Gasteiger partial charge < -0.3 is 0 Å². The fourth-order valence-electron chi connectivity index (χ4n) is 0.662. The highest BCUT2D eigenvalue weighted by Gasteiger charge is 2.02. The van der Waals surface area contributed by atoms with Crippen LogP contribution in [-0.4, -0.2) is 14.2 Å². The molecular weight excluding hydrogens is 188 g/mol. The molecule has 0 atom stereocenters. The van der Waals surface area contributed by atoms with Gasteiger partial charge in [-0.05, 0) is 19.1 Å². The Kier molecular flexibility index (Phi) is 3.13. The number of sulfonamides is 1. The van der Waals surface area contributed by atoms with Gasteiger partial charge in [-0.3, -0.25) is 0 Å². The van der Waals surface area contributed by atoms with Crippen molar-refractivity contribution < 1.29 is 8.42 Å². The molecule has 0 amide bonds. The fraction of sp³-hybridized carbons (Fsp3) is 0.250. The summed E-state index contributed by atoms with van der Waals surface area (Å²) in [5, 5.41) is 3.59. The average molecular weight is 198 g/mol. The summed E-state index contributed by atoms with van der Waals surface area (Å²) in [6.07, 6.45) is 0. The minimum atomic E-state index is -3.36. The van der Waals surface area contributed by atoms with Gasteiger partial charge in [0.05, 0.1) is 11.4 Å². The maximum atomic E-state index is 10.9. The Balaban J connectivity index is 2.82. The summed E-state index contributed by atoms with van der Waals surface area (Å²) in [6, 6.07) is 8.75. The number of benzene rings is 1. The van der Waals surface area contributed by atoms with Gasteiger partial charge in [0, 0.05) is 0 Å². The van der Waals surface area contributed by atoms with Crippen LogP contribution in [0.4, 0.5) is 5.69 Å².